The second-order valence-electron chi connectivity index (χ2n) is 10.0. The first-order valence-electron chi connectivity index (χ1n) is 12.7. The first-order chi connectivity index (χ1) is 18.7. The lowest BCUT2D eigenvalue weighted by molar-refractivity contribution is 0.283. The van der Waals surface area contributed by atoms with Gasteiger partial charge in [0, 0.05) is 36.8 Å². The fraction of sp³-hybridized carbons (Fsp3) is 0.357. The van der Waals surface area contributed by atoms with Crippen molar-refractivity contribution in [2.24, 2.45) is 0 Å². The Kier molecular flexibility index (Phi) is 8.06. The Morgan fingerprint density at radius 3 is 2.69 bits per heavy atom. The van der Waals surface area contributed by atoms with Crippen molar-refractivity contribution < 1.29 is 8.78 Å². The van der Waals surface area contributed by atoms with E-state index in [2.05, 4.69) is 59.6 Å². The molecule has 202 valence electrons. The highest BCUT2D eigenvalue weighted by Gasteiger charge is 2.20. The Balaban J connectivity index is 1.36. The van der Waals surface area contributed by atoms with E-state index in [-0.39, 0.29) is 23.2 Å². The molecule has 0 saturated heterocycles. The normalized spacial score (nSPS) is 13.6. The number of imidazole rings is 1. The molecule has 4 heterocycles. The summed E-state index contributed by atoms with van der Waals surface area (Å²) in [6.45, 7) is 7.12. The van der Waals surface area contributed by atoms with E-state index in [0.717, 1.165) is 50.1 Å². The van der Waals surface area contributed by atoms with Crippen molar-refractivity contribution >= 4 is 45.4 Å². The van der Waals surface area contributed by atoms with Gasteiger partial charge in [-0.25, -0.2) is 28.7 Å². The standard InChI is InChI=1S/C28H29F2IN8/c1-17(2)39-23-14-19(13-20(29)26(23)35-27(39)31)25-21(30)15-32-28(36-25)34-24-8-7-18-16-38(12-9-22(18)33-24)11-6-5-10-37(3)4/h7-8,13-15,17H,9-12,16H2,1-4H3,(H,32,33,34,36). The highest BCUT2D eigenvalue weighted by Crippen LogP contribution is 2.31. The number of aromatic nitrogens is 5. The van der Waals surface area contributed by atoms with Crippen LogP contribution in [0.2, 0.25) is 0 Å². The van der Waals surface area contributed by atoms with Crippen molar-refractivity contribution in [2.75, 3.05) is 39.0 Å². The van der Waals surface area contributed by atoms with Crippen molar-refractivity contribution in [3.63, 3.8) is 0 Å². The van der Waals surface area contributed by atoms with Crippen molar-refractivity contribution in [3.05, 3.63) is 57.2 Å². The molecule has 0 amide bonds. The first kappa shape index (κ1) is 27.4. The maximum Gasteiger partial charge on any atom is 0.229 e. The number of benzene rings is 1. The molecule has 0 fully saturated rings. The molecule has 1 aliphatic heterocycles. The second kappa shape index (κ2) is 11.5. The Morgan fingerprint density at radius 1 is 1.10 bits per heavy atom. The molecule has 11 heteroatoms. The van der Waals surface area contributed by atoms with Crippen molar-refractivity contribution in [1.29, 1.82) is 0 Å². The van der Waals surface area contributed by atoms with E-state index in [0.29, 0.717) is 20.7 Å². The van der Waals surface area contributed by atoms with Crippen LogP contribution in [0.1, 0.15) is 31.1 Å². The third-order valence-electron chi connectivity index (χ3n) is 6.43. The topological polar surface area (TPSA) is 75.0 Å². The van der Waals surface area contributed by atoms with Crippen molar-refractivity contribution in [3.8, 4) is 23.1 Å². The third-order valence-corrected chi connectivity index (χ3v) is 7.19. The zero-order valence-corrected chi connectivity index (χ0v) is 24.4. The van der Waals surface area contributed by atoms with Gasteiger partial charge < -0.3 is 9.88 Å². The van der Waals surface area contributed by atoms with Crippen LogP contribution in [0.15, 0.2) is 30.5 Å². The number of hydrogen-bond donors (Lipinski definition) is 1. The minimum Gasteiger partial charge on any atom is -0.317 e. The molecule has 3 aromatic heterocycles. The fourth-order valence-electron chi connectivity index (χ4n) is 4.56. The average molecular weight is 642 g/mol. The molecule has 0 bridgehead atoms. The number of nitrogens with one attached hydrogen (secondary N) is 1. The molecule has 0 unspecified atom stereocenters. The van der Waals surface area contributed by atoms with Gasteiger partial charge in [-0.05, 0) is 74.3 Å². The van der Waals surface area contributed by atoms with E-state index in [9.17, 15) is 8.78 Å². The van der Waals surface area contributed by atoms with Crippen molar-refractivity contribution in [1.82, 2.24) is 34.3 Å². The minimum absolute atomic E-state index is 0.00351. The number of halogens is 3. The number of pyridine rings is 1. The summed E-state index contributed by atoms with van der Waals surface area (Å²) in [6.07, 6.45) is 1.89. The Labute approximate surface area is 240 Å². The first-order valence-corrected chi connectivity index (χ1v) is 13.8. The van der Waals surface area contributed by atoms with E-state index in [1.54, 1.807) is 6.07 Å². The van der Waals surface area contributed by atoms with Crippen LogP contribution in [0.25, 0.3) is 22.3 Å². The van der Waals surface area contributed by atoms with Crippen LogP contribution in [0.4, 0.5) is 20.5 Å². The molecule has 8 nitrogen and oxygen atoms in total. The van der Waals surface area contributed by atoms with Crippen LogP contribution in [0.5, 0.6) is 0 Å². The molecule has 0 aliphatic carbocycles. The molecular formula is C28H29F2IN8. The SMILES string of the molecule is CC(C)n1c(I)nc2c(F)cc(-c3nc(Nc4ccc5c(n4)CCN(CC#CCN(C)C)C5)ncc3F)cc21. The Bertz CT molecular complexity index is 1590. The molecular weight excluding hydrogens is 613 g/mol. The zero-order valence-electron chi connectivity index (χ0n) is 22.3. The van der Waals surface area contributed by atoms with Gasteiger partial charge in [-0.3, -0.25) is 9.80 Å². The smallest absolute Gasteiger partial charge is 0.229 e. The number of hydrogen-bond acceptors (Lipinski definition) is 7. The van der Waals surface area contributed by atoms with Gasteiger partial charge in [0.2, 0.25) is 5.95 Å². The largest absolute Gasteiger partial charge is 0.317 e. The van der Waals surface area contributed by atoms with Gasteiger partial charge >= 0.3 is 0 Å². The van der Waals surface area contributed by atoms with E-state index >= 15 is 0 Å². The highest BCUT2D eigenvalue weighted by molar-refractivity contribution is 14.1. The molecule has 1 aromatic carbocycles. The molecule has 0 radical (unpaired) electrons. The zero-order chi connectivity index (χ0) is 27.7. The summed E-state index contributed by atoms with van der Waals surface area (Å²) in [5, 5.41) is 3.09. The number of fused-ring (bicyclic) bond motifs is 2. The molecule has 39 heavy (non-hydrogen) atoms. The quantitative estimate of drug-likeness (QED) is 0.234. The molecule has 5 rings (SSSR count). The number of nitrogens with zero attached hydrogens (tertiary/aromatic N) is 7. The van der Waals surface area contributed by atoms with E-state index in [1.165, 1.54) is 6.07 Å². The molecule has 0 saturated carbocycles. The maximum absolute atomic E-state index is 15.0. The van der Waals surface area contributed by atoms with Gasteiger partial charge in [0.25, 0.3) is 0 Å². The van der Waals surface area contributed by atoms with Gasteiger partial charge in [0.05, 0.1) is 24.8 Å². The van der Waals surface area contributed by atoms with Crippen LogP contribution in [0, 0.1) is 27.3 Å². The Morgan fingerprint density at radius 2 is 1.92 bits per heavy atom. The summed E-state index contributed by atoms with van der Waals surface area (Å²) in [5.41, 5.74) is 3.32. The van der Waals surface area contributed by atoms with Crippen molar-refractivity contribution in [2.45, 2.75) is 32.9 Å². The minimum atomic E-state index is -0.642. The predicted molar refractivity (Wildman–Crippen MR) is 157 cm³/mol. The summed E-state index contributed by atoms with van der Waals surface area (Å²) in [6, 6.07) is 6.94. The van der Waals surface area contributed by atoms with Crippen LogP contribution in [0.3, 0.4) is 0 Å². The van der Waals surface area contributed by atoms with E-state index in [4.69, 9.17) is 4.98 Å². The predicted octanol–water partition coefficient (Wildman–Crippen LogP) is 5.02. The van der Waals surface area contributed by atoms with Gasteiger partial charge in [-0.2, -0.15) is 0 Å². The lowest BCUT2D eigenvalue weighted by Gasteiger charge is -2.26. The number of rotatable bonds is 6. The molecule has 1 aliphatic rings. The highest BCUT2D eigenvalue weighted by atomic mass is 127. The van der Waals surface area contributed by atoms with Gasteiger partial charge in [-0.15, -0.1) is 0 Å². The third kappa shape index (κ3) is 6.03. The number of anilines is 2. The van der Waals surface area contributed by atoms with Gasteiger partial charge in [0.1, 0.15) is 17.0 Å². The second-order valence-corrected chi connectivity index (χ2v) is 11.0. The average Bonchev–Trinajstić information content (AvgIpc) is 3.24. The monoisotopic (exact) mass is 642 g/mol. The molecule has 0 spiro atoms. The Hall–Kier alpha value is -3.21. The molecule has 4 aromatic rings. The molecule has 0 atom stereocenters. The fourth-order valence-corrected chi connectivity index (χ4v) is 5.62. The van der Waals surface area contributed by atoms with Crippen LogP contribution >= 0.6 is 22.6 Å². The van der Waals surface area contributed by atoms with Gasteiger partial charge in [0.15, 0.2) is 15.5 Å². The lowest BCUT2D eigenvalue weighted by atomic mass is 10.1. The van der Waals surface area contributed by atoms with Crippen LogP contribution < -0.4 is 5.32 Å². The van der Waals surface area contributed by atoms with Gasteiger partial charge in [-0.1, -0.05) is 17.9 Å². The van der Waals surface area contributed by atoms with E-state index < -0.39 is 11.6 Å². The van der Waals surface area contributed by atoms with E-state index in [1.807, 2.05) is 49.5 Å². The summed E-state index contributed by atoms with van der Waals surface area (Å²) < 4.78 is 32.4. The summed E-state index contributed by atoms with van der Waals surface area (Å²) in [7, 11) is 4.01. The maximum atomic E-state index is 15.0. The summed E-state index contributed by atoms with van der Waals surface area (Å²) in [5.74, 6) is 5.99. The van der Waals surface area contributed by atoms with Crippen LogP contribution in [-0.2, 0) is 13.0 Å². The lowest BCUT2D eigenvalue weighted by Crippen LogP contribution is -2.31. The summed E-state index contributed by atoms with van der Waals surface area (Å²) in [4.78, 5) is 21.9. The van der Waals surface area contributed by atoms with Crippen LogP contribution in [-0.4, -0.2) is 68.0 Å². The summed E-state index contributed by atoms with van der Waals surface area (Å²) >= 11 is 2.08. The molecule has 1 N–H and O–H groups in total.